The summed E-state index contributed by atoms with van der Waals surface area (Å²) in [6.07, 6.45) is 3.24. The van der Waals surface area contributed by atoms with E-state index in [9.17, 15) is 18.0 Å². The Hall–Kier alpha value is -2.57. The molecule has 0 aliphatic heterocycles. The Bertz CT molecular complexity index is 1280. The number of halogens is 1. The summed E-state index contributed by atoms with van der Waals surface area (Å²) in [4.78, 5) is 4.61. The largest absolute Gasteiger partial charge is 0.494 e. The van der Waals surface area contributed by atoms with E-state index in [1.54, 1.807) is 30.5 Å². The first-order valence-corrected chi connectivity index (χ1v) is 13.1. The maximum atomic E-state index is 14.5. The van der Waals surface area contributed by atoms with Crippen molar-refractivity contribution in [1.82, 2.24) is 10.0 Å². The van der Waals surface area contributed by atoms with Gasteiger partial charge in [0.25, 0.3) is 0 Å². The number of nitrogens with two attached hydrogens (primary N) is 1. The molecule has 0 spiro atoms. The second kappa shape index (κ2) is 11.2. The average molecular weight is 522 g/mol. The van der Waals surface area contributed by atoms with Crippen molar-refractivity contribution in [1.29, 1.82) is 0 Å². The quantitative estimate of drug-likeness (QED) is 0.254. The van der Waals surface area contributed by atoms with Crippen LogP contribution < -0.4 is 9.88 Å². The molecule has 0 radical (unpaired) electrons. The van der Waals surface area contributed by atoms with Gasteiger partial charge in [-0.25, -0.2) is 23.0 Å². The minimum Gasteiger partial charge on any atom is -0.494 e. The van der Waals surface area contributed by atoms with Gasteiger partial charge in [0, 0.05) is 30.1 Å². The molecule has 180 valence electrons. The van der Waals surface area contributed by atoms with Crippen LogP contribution in [-0.4, -0.2) is 47.9 Å². The van der Waals surface area contributed by atoms with Crippen LogP contribution in [0.3, 0.4) is 0 Å². The predicted molar refractivity (Wildman–Crippen MR) is 136 cm³/mol. The van der Waals surface area contributed by atoms with E-state index in [4.69, 9.17) is 22.1 Å². The molecule has 11 heteroatoms. The van der Waals surface area contributed by atoms with Crippen LogP contribution >= 0.6 is 24.0 Å². The lowest BCUT2D eigenvalue weighted by Gasteiger charge is -2.14. The first kappa shape index (κ1) is 26.0. The molecule has 0 atom stereocenters. The number of aromatic nitrogens is 1. The number of pyridine rings is 1. The molecule has 0 bridgehead atoms. The molecule has 3 N–H and O–H groups in total. The molecule has 0 saturated carbocycles. The molecule has 3 aromatic rings. The van der Waals surface area contributed by atoms with Crippen molar-refractivity contribution >= 4 is 38.3 Å². The van der Waals surface area contributed by atoms with Gasteiger partial charge in [0.05, 0.1) is 17.7 Å². The number of hydrogen-bond donors (Lipinski definition) is 2. The number of ether oxygens (including phenoxy) is 1. The third kappa shape index (κ3) is 6.51. The number of hydrogen-bond acceptors (Lipinski definition) is 7. The number of rotatable bonds is 8. The summed E-state index contributed by atoms with van der Waals surface area (Å²) in [5.41, 5.74) is 3.49. The van der Waals surface area contributed by atoms with E-state index in [1.807, 2.05) is 6.07 Å². The van der Waals surface area contributed by atoms with Crippen LogP contribution in [0.4, 0.5) is 4.39 Å². The van der Waals surface area contributed by atoms with Gasteiger partial charge in [-0.2, -0.15) is 0 Å². The van der Waals surface area contributed by atoms with Crippen LogP contribution in [0.2, 0.25) is 0 Å². The summed E-state index contributed by atoms with van der Waals surface area (Å²) in [7, 11) is -0.943. The molecule has 0 unspecified atom stereocenters. The predicted octanol–water partition coefficient (Wildman–Crippen LogP) is 4.48. The third-order valence-corrected chi connectivity index (χ3v) is 7.51. The minimum atomic E-state index is -3.82. The second-order valence-corrected chi connectivity index (χ2v) is 10.7. The zero-order valence-electron chi connectivity index (χ0n) is 18.6. The lowest BCUT2D eigenvalue weighted by atomic mass is 9.96. The Balaban J connectivity index is 1.95. The topological polar surface area (TPSA) is 106 Å². The number of methoxy groups -OCH3 is 1. The molecule has 0 fully saturated rings. The van der Waals surface area contributed by atoms with Crippen molar-refractivity contribution in [3.63, 3.8) is 0 Å². The Labute approximate surface area is 207 Å². The van der Waals surface area contributed by atoms with Crippen molar-refractivity contribution in [2.75, 3.05) is 19.9 Å². The summed E-state index contributed by atoms with van der Waals surface area (Å²) in [5.74, 6) is 0.347. The Morgan fingerprint density at radius 2 is 1.88 bits per heavy atom. The number of aryl methyl sites for hydroxylation is 1. The number of hydroxylamine groups is 2. The van der Waals surface area contributed by atoms with Crippen molar-refractivity contribution in [2.24, 2.45) is 5.14 Å². The Kier molecular flexibility index (Phi) is 8.61. The molecular formula is C23H24FN3O4S3. The van der Waals surface area contributed by atoms with E-state index >= 15 is 0 Å². The highest BCUT2D eigenvalue weighted by Gasteiger charge is 2.15. The van der Waals surface area contributed by atoms with Gasteiger partial charge < -0.3 is 4.74 Å². The van der Waals surface area contributed by atoms with E-state index < -0.39 is 15.8 Å². The van der Waals surface area contributed by atoms with E-state index in [2.05, 4.69) is 4.98 Å². The minimum absolute atomic E-state index is 0.00569. The molecule has 0 aliphatic rings. The molecule has 0 amide bonds. The number of thiocarbonyl (C=S) groups is 1. The zero-order valence-corrected chi connectivity index (χ0v) is 21.0. The van der Waals surface area contributed by atoms with Crippen LogP contribution in [0, 0.1) is 5.82 Å². The fourth-order valence-corrected chi connectivity index (χ4v) is 4.68. The lowest BCUT2D eigenvalue weighted by Crippen LogP contribution is -2.17. The van der Waals surface area contributed by atoms with Gasteiger partial charge in [0.1, 0.15) is 0 Å². The van der Waals surface area contributed by atoms with Crippen molar-refractivity contribution in [2.45, 2.75) is 17.7 Å². The number of nitrogens with zero attached hydrogens (tertiary/aromatic N) is 2. The van der Waals surface area contributed by atoms with Gasteiger partial charge in [-0.3, -0.25) is 10.2 Å². The standard InChI is InChI=1S/C23H24FN3O4S3/c1-27(28)23(32)33-11-3-4-15-12-19(17-7-10-21(31-2)20(24)13-17)22(26-14-15)16-5-8-18(9-6-16)34(25,29)30/h5-10,12-14,28H,3-4,11H2,1-2H3,(H2,25,29,30). The molecule has 0 saturated heterocycles. The highest BCUT2D eigenvalue weighted by Crippen LogP contribution is 2.34. The van der Waals surface area contributed by atoms with Gasteiger partial charge >= 0.3 is 0 Å². The molecule has 2 aromatic carbocycles. The van der Waals surface area contributed by atoms with Gasteiger partial charge in [-0.05, 0) is 54.3 Å². The fourth-order valence-electron chi connectivity index (χ4n) is 3.26. The van der Waals surface area contributed by atoms with Crippen molar-refractivity contribution in [3.05, 3.63) is 66.1 Å². The SMILES string of the molecule is COc1ccc(-c2cc(CCCSC(=S)N(C)O)cnc2-c2ccc(S(N)(=O)=O)cc2)cc1F. The van der Waals surface area contributed by atoms with Crippen LogP contribution in [0.15, 0.2) is 59.6 Å². The van der Waals surface area contributed by atoms with Crippen LogP contribution in [0.1, 0.15) is 12.0 Å². The van der Waals surface area contributed by atoms with E-state index in [-0.39, 0.29) is 10.6 Å². The van der Waals surface area contributed by atoms with E-state index in [0.29, 0.717) is 38.9 Å². The monoisotopic (exact) mass is 521 g/mol. The van der Waals surface area contributed by atoms with Gasteiger partial charge in [0.2, 0.25) is 10.0 Å². The van der Waals surface area contributed by atoms with Crippen molar-refractivity contribution in [3.8, 4) is 28.1 Å². The van der Waals surface area contributed by atoms with Gasteiger partial charge in [-0.1, -0.05) is 42.2 Å². The number of sulfonamides is 1. The van der Waals surface area contributed by atoms with Crippen LogP contribution in [0.25, 0.3) is 22.4 Å². The van der Waals surface area contributed by atoms with Gasteiger partial charge in [-0.15, -0.1) is 0 Å². The van der Waals surface area contributed by atoms with Crippen molar-refractivity contribution < 1.29 is 22.8 Å². The summed E-state index contributed by atoms with van der Waals surface area (Å²) in [6, 6.07) is 12.7. The maximum absolute atomic E-state index is 14.5. The molecular weight excluding hydrogens is 497 g/mol. The van der Waals surface area contributed by atoms with Gasteiger partial charge in [0.15, 0.2) is 15.9 Å². The highest BCUT2D eigenvalue weighted by molar-refractivity contribution is 8.22. The summed E-state index contributed by atoms with van der Waals surface area (Å²) in [6.45, 7) is 0. The van der Waals surface area contributed by atoms with E-state index in [1.165, 1.54) is 44.1 Å². The average Bonchev–Trinajstić information content (AvgIpc) is 2.81. The van der Waals surface area contributed by atoms with Crippen LogP contribution in [0.5, 0.6) is 5.75 Å². The number of primary sulfonamides is 1. The number of benzene rings is 2. The molecule has 3 rings (SSSR count). The lowest BCUT2D eigenvalue weighted by molar-refractivity contribution is 0.0205. The molecule has 1 heterocycles. The zero-order chi connectivity index (χ0) is 24.9. The highest BCUT2D eigenvalue weighted by atomic mass is 32.2. The first-order valence-electron chi connectivity index (χ1n) is 10.2. The summed E-state index contributed by atoms with van der Waals surface area (Å²) < 4.78 is 43.1. The Morgan fingerprint density at radius 1 is 1.21 bits per heavy atom. The molecule has 7 nitrogen and oxygen atoms in total. The summed E-state index contributed by atoms with van der Waals surface area (Å²) >= 11 is 6.44. The van der Waals surface area contributed by atoms with E-state index in [0.717, 1.165) is 17.0 Å². The first-order chi connectivity index (χ1) is 16.1. The molecule has 0 aliphatic carbocycles. The number of thioether (sulfide) groups is 1. The second-order valence-electron chi connectivity index (χ2n) is 7.40. The smallest absolute Gasteiger partial charge is 0.238 e. The Morgan fingerprint density at radius 3 is 2.47 bits per heavy atom. The summed E-state index contributed by atoms with van der Waals surface area (Å²) in [5, 5.41) is 15.5. The molecule has 1 aromatic heterocycles. The maximum Gasteiger partial charge on any atom is 0.238 e. The van der Waals surface area contributed by atoms with Crippen LogP contribution in [-0.2, 0) is 16.4 Å². The third-order valence-electron chi connectivity index (χ3n) is 4.96. The molecule has 34 heavy (non-hydrogen) atoms. The fraction of sp³-hybridized carbons (Fsp3) is 0.217. The normalized spacial score (nSPS) is 11.3.